The molecule has 0 unspecified atom stereocenters. The van der Waals surface area contributed by atoms with Gasteiger partial charge in [-0.2, -0.15) is 0 Å². The molecule has 1 fully saturated rings. The van der Waals surface area contributed by atoms with Crippen molar-refractivity contribution in [3.05, 3.63) is 29.8 Å². The van der Waals surface area contributed by atoms with Crippen LogP contribution in [-0.4, -0.2) is 104 Å². The second-order valence-electron chi connectivity index (χ2n) is 9.08. The number of nitrogens with zero attached hydrogens (tertiary/aromatic N) is 1. The number of hydrogen-bond acceptors (Lipinski definition) is 8. The lowest BCUT2D eigenvalue weighted by atomic mass is 10.1. The lowest BCUT2D eigenvalue weighted by molar-refractivity contribution is -0.132. The highest BCUT2D eigenvalue weighted by Gasteiger charge is 2.28. The van der Waals surface area contributed by atoms with Crippen LogP contribution >= 0.6 is 0 Å². The Morgan fingerprint density at radius 3 is 2.68 bits per heavy atom. The second-order valence-corrected chi connectivity index (χ2v) is 9.08. The maximum atomic E-state index is 13.1. The zero-order valence-corrected chi connectivity index (χ0v) is 21.2. The van der Waals surface area contributed by atoms with Gasteiger partial charge in [-0.25, -0.2) is 0 Å². The number of carbonyl (C=O) groups is 4. The number of hydrogen-bond donors (Lipinski definition) is 5. The molecule has 37 heavy (non-hydrogen) atoms. The molecule has 4 amide bonds. The summed E-state index contributed by atoms with van der Waals surface area (Å²) in [5.74, 6) is -1.59. The summed E-state index contributed by atoms with van der Waals surface area (Å²) in [5.41, 5.74) is 0.267. The van der Waals surface area contributed by atoms with Crippen LogP contribution in [0.15, 0.2) is 24.3 Å². The number of carbonyl (C=O) groups excluding carboxylic acids is 4. The minimum Gasteiger partial charge on any atom is -0.493 e. The van der Waals surface area contributed by atoms with E-state index in [1.807, 2.05) is 0 Å². The third-order valence-electron chi connectivity index (χ3n) is 6.20. The Kier molecular flexibility index (Phi) is 11.1. The van der Waals surface area contributed by atoms with Gasteiger partial charge >= 0.3 is 0 Å². The summed E-state index contributed by atoms with van der Waals surface area (Å²) in [7, 11) is 0. The third-order valence-corrected chi connectivity index (χ3v) is 6.20. The Bertz CT molecular complexity index is 936. The summed E-state index contributed by atoms with van der Waals surface area (Å²) in [6, 6.07) is 4.55. The van der Waals surface area contributed by atoms with E-state index in [0.717, 1.165) is 13.1 Å². The predicted molar refractivity (Wildman–Crippen MR) is 134 cm³/mol. The molecule has 204 valence electrons. The van der Waals surface area contributed by atoms with Gasteiger partial charge in [-0.3, -0.25) is 24.1 Å². The molecular formula is C25H37N5O7. The normalized spacial score (nSPS) is 23.5. The number of amides is 4. The number of aliphatic hydroxyl groups excluding tert-OH is 1. The van der Waals surface area contributed by atoms with Crippen molar-refractivity contribution < 1.29 is 33.8 Å². The molecule has 0 aliphatic carbocycles. The van der Waals surface area contributed by atoms with E-state index in [1.165, 1.54) is 6.92 Å². The van der Waals surface area contributed by atoms with Crippen LogP contribution < -0.4 is 26.0 Å². The Hall–Kier alpha value is -3.22. The van der Waals surface area contributed by atoms with E-state index in [1.54, 1.807) is 24.3 Å². The zero-order chi connectivity index (χ0) is 26.6. The fourth-order valence-corrected chi connectivity index (χ4v) is 4.07. The number of fused-ring (bicyclic) bond motifs is 1. The standard InChI is InChI=1S/C25H37N5O7/c1-17(31)22-25(35)26-9-4-14-37-20-6-3-2-5-18(20)23(33)28-19(7-8-21(32)29-22)24(34)27-10-11-30-12-15-36-16-13-30/h2-3,5-6,17,19,22,31H,4,7-16H2,1H3,(H,26,35)(H,27,34)(H,28,33)(H,29,32)/t17-,19+,22+/m1/s1. The van der Waals surface area contributed by atoms with Crippen LogP contribution in [0.25, 0.3) is 0 Å². The Morgan fingerprint density at radius 1 is 1.16 bits per heavy atom. The van der Waals surface area contributed by atoms with Gasteiger partial charge in [0.2, 0.25) is 17.7 Å². The van der Waals surface area contributed by atoms with Gasteiger partial charge < -0.3 is 35.8 Å². The molecule has 0 radical (unpaired) electrons. The van der Waals surface area contributed by atoms with Crippen LogP contribution in [0.2, 0.25) is 0 Å². The van der Waals surface area contributed by atoms with Crippen molar-refractivity contribution in [2.45, 2.75) is 44.4 Å². The predicted octanol–water partition coefficient (Wildman–Crippen LogP) is -1.22. The van der Waals surface area contributed by atoms with E-state index in [9.17, 15) is 24.3 Å². The van der Waals surface area contributed by atoms with Crippen molar-refractivity contribution in [1.29, 1.82) is 0 Å². The maximum absolute atomic E-state index is 13.1. The molecule has 2 aliphatic rings. The maximum Gasteiger partial charge on any atom is 0.255 e. The molecule has 1 saturated heterocycles. The number of aliphatic hydroxyl groups is 1. The van der Waals surface area contributed by atoms with Crippen LogP contribution in [0.5, 0.6) is 5.75 Å². The minimum absolute atomic E-state index is 0.00185. The minimum atomic E-state index is -1.14. The molecule has 3 rings (SSSR count). The van der Waals surface area contributed by atoms with Crippen molar-refractivity contribution >= 4 is 23.6 Å². The number of para-hydroxylation sites is 1. The van der Waals surface area contributed by atoms with E-state index in [4.69, 9.17) is 9.47 Å². The van der Waals surface area contributed by atoms with Gasteiger partial charge in [0.1, 0.15) is 17.8 Å². The van der Waals surface area contributed by atoms with Gasteiger partial charge in [0, 0.05) is 39.1 Å². The number of ether oxygens (including phenoxy) is 2. The molecule has 2 aliphatic heterocycles. The molecule has 0 spiro atoms. The largest absolute Gasteiger partial charge is 0.493 e. The quantitative estimate of drug-likeness (QED) is 0.324. The lowest BCUT2D eigenvalue weighted by Gasteiger charge is -2.27. The first-order chi connectivity index (χ1) is 17.8. The Labute approximate surface area is 216 Å². The fourth-order valence-electron chi connectivity index (χ4n) is 4.07. The molecule has 0 saturated carbocycles. The van der Waals surface area contributed by atoms with Gasteiger partial charge in [-0.05, 0) is 31.9 Å². The summed E-state index contributed by atoms with van der Waals surface area (Å²) in [6.45, 7) is 5.77. The number of morpholine rings is 1. The van der Waals surface area contributed by atoms with Gasteiger partial charge in [-0.1, -0.05) is 12.1 Å². The molecule has 0 bridgehead atoms. The van der Waals surface area contributed by atoms with Crippen LogP contribution in [0.3, 0.4) is 0 Å². The summed E-state index contributed by atoms with van der Waals surface area (Å²) in [5, 5.41) is 20.8. The molecule has 12 heteroatoms. The summed E-state index contributed by atoms with van der Waals surface area (Å²) >= 11 is 0. The van der Waals surface area contributed by atoms with E-state index < -0.39 is 41.8 Å². The van der Waals surface area contributed by atoms with Crippen molar-refractivity contribution in [3.8, 4) is 5.75 Å². The molecule has 12 nitrogen and oxygen atoms in total. The topological polar surface area (TPSA) is 158 Å². The average molecular weight is 520 g/mol. The van der Waals surface area contributed by atoms with Crippen LogP contribution in [0.1, 0.15) is 36.5 Å². The summed E-state index contributed by atoms with van der Waals surface area (Å²) < 4.78 is 11.1. The van der Waals surface area contributed by atoms with Crippen molar-refractivity contribution in [2.24, 2.45) is 0 Å². The van der Waals surface area contributed by atoms with Gasteiger partial charge in [0.15, 0.2) is 0 Å². The fraction of sp³-hybridized carbons (Fsp3) is 0.600. The van der Waals surface area contributed by atoms with E-state index in [2.05, 4.69) is 26.2 Å². The summed E-state index contributed by atoms with van der Waals surface area (Å²) in [4.78, 5) is 53.4. The van der Waals surface area contributed by atoms with Gasteiger partial charge in [0.25, 0.3) is 5.91 Å². The molecule has 3 atom stereocenters. The first-order valence-corrected chi connectivity index (χ1v) is 12.7. The Morgan fingerprint density at radius 2 is 1.92 bits per heavy atom. The SMILES string of the molecule is C[C@@H](O)[C@@H]1NC(=O)CC[C@@H](C(=O)NCCN2CCOCC2)NC(=O)c2ccccc2OCCCNC1=O. The van der Waals surface area contributed by atoms with E-state index >= 15 is 0 Å². The highest BCUT2D eigenvalue weighted by Crippen LogP contribution is 2.18. The van der Waals surface area contributed by atoms with E-state index in [-0.39, 0.29) is 31.6 Å². The second kappa shape index (κ2) is 14.5. The van der Waals surface area contributed by atoms with Crippen LogP contribution in [-0.2, 0) is 19.1 Å². The van der Waals surface area contributed by atoms with Crippen molar-refractivity contribution in [3.63, 3.8) is 0 Å². The highest BCUT2D eigenvalue weighted by molar-refractivity contribution is 5.99. The smallest absolute Gasteiger partial charge is 0.255 e. The molecule has 5 N–H and O–H groups in total. The number of benzene rings is 1. The third kappa shape index (κ3) is 8.99. The van der Waals surface area contributed by atoms with Gasteiger partial charge in [0.05, 0.1) is 31.5 Å². The van der Waals surface area contributed by atoms with Crippen molar-refractivity contribution in [2.75, 3.05) is 52.5 Å². The first kappa shape index (κ1) is 28.4. The van der Waals surface area contributed by atoms with Crippen LogP contribution in [0, 0.1) is 0 Å². The highest BCUT2D eigenvalue weighted by atomic mass is 16.5. The Balaban J connectivity index is 1.73. The van der Waals surface area contributed by atoms with Gasteiger partial charge in [-0.15, -0.1) is 0 Å². The average Bonchev–Trinajstić information content (AvgIpc) is 2.89. The zero-order valence-electron chi connectivity index (χ0n) is 21.2. The molecule has 0 aromatic heterocycles. The van der Waals surface area contributed by atoms with Crippen molar-refractivity contribution in [1.82, 2.24) is 26.2 Å². The summed E-state index contributed by atoms with van der Waals surface area (Å²) in [6.07, 6.45) is -0.824. The first-order valence-electron chi connectivity index (χ1n) is 12.7. The molecule has 1 aromatic rings. The number of rotatable bonds is 5. The monoisotopic (exact) mass is 519 g/mol. The number of nitrogens with one attached hydrogen (secondary N) is 4. The lowest BCUT2D eigenvalue weighted by Crippen LogP contribution is -2.53. The molecule has 1 aromatic carbocycles. The molecular weight excluding hydrogens is 482 g/mol. The van der Waals surface area contributed by atoms with Crippen LogP contribution in [0.4, 0.5) is 0 Å². The van der Waals surface area contributed by atoms with E-state index in [0.29, 0.717) is 38.5 Å². The molecule has 2 heterocycles.